The quantitative estimate of drug-likeness (QED) is 0.778. The lowest BCUT2D eigenvalue weighted by Crippen LogP contribution is -1.97. The van der Waals surface area contributed by atoms with Crippen LogP contribution in [0.1, 0.15) is 27.0 Å². The molecular weight excluding hydrogens is 304 g/mol. The Morgan fingerprint density at radius 3 is 2.58 bits per heavy atom. The van der Waals surface area contributed by atoms with Crippen LogP contribution in [-0.2, 0) is 6.61 Å². The molecule has 2 aromatic rings. The van der Waals surface area contributed by atoms with Crippen LogP contribution in [0.2, 0.25) is 0 Å². The Bertz CT molecular complexity index is 606. The summed E-state index contributed by atoms with van der Waals surface area (Å²) in [6.45, 7) is 4.68. The van der Waals surface area contributed by atoms with E-state index in [-0.39, 0.29) is 0 Å². The van der Waals surface area contributed by atoms with Crippen molar-refractivity contribution in [2.45, 2.75) is 20.5 Å². The topological polar surface area (TPSA) is 26.3 Å². The second-order valence-electron chi connectivity index (χ2n) is 4.51. The first-order valence-electron chi connectivity index (χ1n) is 6.04. The Labute approximate surface area is 121 Å². The van der Waals surface area contributed by atoms with Crippen molar-refractivity contribution in [1.82, 2.24) is 0 Å². The smallest absolute Gasteiger partial charge is 0.151 e. The lowest BCUT2D eigenvalue weighted by atomic mass is 10.1. The van der Waals surface area contributed by atoms with Crippen molar-refractivity contribution in [2.75, 3.05) is 0 Å². The molecule has 0 heterocycles. The van der Waals surface area contributed by atoms with Gasteiger partial charge in [0.05, 0.1) is 0 Å². The fourth-order valence-corrected chi connectivity index (χ4v) is 2.10. The minimum Gasteiger partial charge on any atom is -0.489 e. The van der Waals surface area contributed by atoms with Crippen LogP contribution in [0.25, 0.3) is 0 Å². The van der Waals surface area contributed by atoms with Crippen LogP contribution in [0.3, 0.4) is 0 Å². The van der Waals surface area contributed by atoms with Crippen molar-refractivity contribution in [3.8, 4) is 5.75 Å². The SMILES string of the molecule is Cc1ccc(COc2ccc(Br)c(C=O)c2)cc1C. The number of hydrogen-bond donors (Lipinski definition) is 0. The third kappa shape index (κ3) is 3.44. The molecule has 0 saturated carbocycles. The molecule has 3 heteroatoms. The van der Waals surface area contributed by atoms with Crippen molar-refractivity contribution < 1.29 is 9.53 Å². The third-order valence-corrected chi connectivity index (χ3v) is 3.79. The van der Waals surface area contributed by atoms with Crippen molar-refractivity contribution in [2.24, 2.45) is 0 Å². The van der Waals surface area contributed by atoms with E-state index in [0.29, 0.717) is 17.9 Å². The number of hydrogen-bond acceptors (Lipinski definition) is 2. The van der Waals surface area contributed by atoms with Crippen LogP contribution >= 0.6 is 15.9 Å². The maximum atomic E-state index is 10.9. The van der Waals surface area contributed by atoms with E-state index in [2.05, 4.69) is 48.0 Å². The van der Waals surface area contributed by atoms with E-state index in [1.54, 1.807) is 6.07 Å². The predicted octanol–water partition coefficient (Wildman–Crippen LogP) is 4.46. The molecule has 2 rings (SSSR count). The molecule has 0 aliphatic rings. The number of carbonyl (C=O) groups is 1. The summed E-state index contributed by atoms with van der Waals surface area (Å²) < 4.78 is 6.48. The molecule has 0 amide bonds. The molecular formula is C16H15BrO2. The Balaban J connectivity index is 2.09. The summed E-state index contributed by atoms with van der Waals surface area (Å²) in [5, 5.41) is 0. The molecule has 0 fully saturated rings. The summed E-state index contributed by atoms with van der Waals surface area (Å²) in [5.41, 5.74) is 4.25. The molecule has 0 aliphatic heterocycles. The Hall–Kier alpha value is -1.61. The van der Waals surface area contributed by atoms with Crippen LogP contribution in [-0.4, -0.2) is 6.29 Å². The van der Waals surface area contributed by atoms with E-state index < -0.39 is 0 Å². The lowest BCUT2D eigenvalue weighted by molar-refractivity contribution is 0.112. The molecule has 0 aromatic heterocycles. The molecule has 0 saturated heterocycles. The molecule has 0 bridgehead atoms. The Morgan fingerprint density at radius 1 is 1.11 bits per heavy atom. The van der Waals surface area contributed by atoms with Crippen molar-refractivity contribution in [3.63, 3.8) is 0 Å². The maximum Gasteiger partial charge on any atom is 0.151 e. The van der Waals surface area contributed by atoms with Gasteiger partial charge in [0.1, 0.15) is 12.4 Å². The van der Waals surface area contributed by atoms with Gasteiger partial charge in [-0.2, -0.15) is 0 Å². The van der Waals surface area contributed by atoms with Gasteiger partial charge >= 0.3 is 0 Å². The van der Waals surface area contributed by atoms with E-state index in [0.717, 1.165) is 16.3 Å². The van der Waals surface area contributed by atoms with Gasteiger partial charge in [-0.3, -0.25) is 4.79 Å². The number of aryl methyl sites for hydroxylation is 2. The zero-order valence-corrected chi connectivity index (χ0v) is 12.5. The fourth-order valence-electron chi connectivity index (χ4n) is 1.76. The number of carbonyl (C=O) groups excluding carboxylic acids is 1. The van der Waals surface area contributed by atoms with Gasteiger partial charge in [-0.25, -0.2) is 0 Å². The largest absolute Gasteiger partial charge is 0.489 e. The molecule has 0 N–H and O–H groups in total. The van der Waals surface area contributed by atoms with Gasteiger partial charge in [0, 0.05) is 10.0 Å². The molecule has 0 radical (unpaired) electrons. The molecule has 2 aromatic carbocycles. The minimum absolute atomic E-state index is 0.501. The molecule has 0 spiro atoms. The first kappa shape index (κ1) is 13.8. The number of ether oxygens (including phenoxy) is 1. The van der Waals surface area contributed by atoms with Crippen LogP contribution in [0.4, 0.5) is 0 Å². The van der Waals surface area contributed by atoms with Crippen LogP contribution in [0.5, 0.6) is 5.75 Å². The van der Waals surface area contributed by atoms with Crippen molar-refractivity contribution in [3.05, 3.63) is 63.1 Å². The second-order valence-corrected chi connectivity index (χ2v) is 5.36. The summed E-state index contributed by atoms with van der Waals surface area (Å²) in [5.74, 6) is 0.698. The van der Waals surface area contributed by atoms with E-state index in [1.807, 2.05) is 12.1 Å². The molecule has 0 unspecified atom stereocenters. The highest BCUT2D eigenvalue weighted by Gasteiger charge is 2.02. The van der Waals surface area contributed by atoms with E-state index in [4.69, 9.17) is 4.74 Å². The zero-order chi connectivity index (χ0) is 13.8. The van der Waals surface area contributed by atoms with Gasteiger partial charge in [-0.05, 0) is 48.7 Å². The Kier molecular flexibility index (Phi) is 4.38. The monoisotopic (exact) mass is 318 g/mol. The van der Waals surface area contributed by atoms with Gasteiger partial charge in [-0.1, -0.05) is 34.1 Å². The number of halogens is 1. The third-order valence-electron chi connectivity index (χ3n) is 3.07. The van der Waals surface area contributed by atoms with E-state index >= 15 is 0 Å². The van der Waals surface area contributed by atoms with Crippen LogP contribution in [0.15, 0.2) is 40.9 Å². The number of benzene rings is 2. The summed E-state index contributed by atoms with van der Waals surface area (Å²) in [6.07, 6.45) is 0.812. The Morgan fingerprint density at radius 2 is 1.89 bits per heavy atom. The predicted molar refractivity (Wildman–Crippen MR) is 79.8 cm³/mol. The lowest BCUT2D eigenvalue weighted by Gasteiger charge is -2.09. The summed E-state index contributed by atoms with van der Waals surface area (Å²) in [7, 11) is 0. The van der Waals surface area contributed by atoms with Crippen molar-refractivity contribution in [1.29, 1.82) is 0 Å². The highest BCUT2D eigenvalue weighted by Crippen LogP contribution is 2.22. The normalized spacial score (nSPS) is 10.3. The summed E-state index contributed by atoms with van der Waals surface area (Å²) >= 11 is 3.32. The van der Waals surface area contributed by atoms with Crippen LogP contribution in [0, 0.1) is 13.8 Å². The highest BCUT2D eigenvalue weighted by atomic mass is 79.9. The number of aldehydes is 1. The molecule has 98 valence electrons. The zero-order valence-electron chi connectivity index (χ0n) is 10.9. The summed E-state index contributed by atoms with van der Waals surface area (Å²) in [6, 6.07) is 11.7. The molecule has 19 heavy (non-hydrogen) atoms. The standard InChI is InChI=1S/C16H15BrO2/c1-11-3-4-13(7-12(11)2)10-19-15-5-6-16(17)14(8-15)9-18/h3-9H,10H2,1-2H3. The van der Waals surface area contributed by atoms with E-state index in [9.17, 15) is 4.79 Å². The van der Waals surface area contributed by atoms with Gasteiger partial charge in [0.2, 0.25) is 0 Å². The van der Waals surface area contributed by atoms with Crippen molar-refractivity contribution >= 4 is 22.2 Å². The highest BCUT2D eigenvalue weighted by molar-refractivity contribution is 9.10. The maximum absolute atomic E-state index is 10.9. The fraction of sp³-hybridized carbons (Fsp3) is 0.188. The minimum atomic E-state index is 0.501. The molecule has 0 aliphatic carbocycles. The second kappa shape index (κ2) is 6.02. The molecule has 0 atom stereocenters. The number of rotatable bonds is 4. The van der Waals surface area contributed by atoms with Gasteiger partial charge in [0.25, 0.3) is 0 Å². The average molecular weight is 319 g/mol. The first-order valence-corrected chi connectivity index (χ1v) is 6.83. The summed E-state index contributed by atoms with van der Waals surface area (Å²) in [4.78, 5) is 10.9. The van der Waals surface area contributed by atoms with Gasteiger partial charge in [-0.15, -0.1) is 0 Å². The first-order chi connectivity index (χ1) is 9.10. The molecule has 2 nitrogen and oxygen atoms in total. The van der Waals surface area contributed by atoms with Gasteiger partial charge in [0.15, 0.2) is 6.29 Å². The van der Waals surface area contributed by atoms with E-state index in [1.165, 1.54) is 11.1 Å². The average Bonchev–Trinajstić information content (AvgIpc) is 2.41. The van der Waals surface area contributed by atoms with Crippen LogP contribution < -0.4 is 4.74 Å². The van der Waals surface area contributed by atoms with Gasteiger partial charge < -0.3 is 4.74 Å².